The number of carbonyl (C=O) groups is 1. The first-order valence-corrected chi connectivity index (χ1v) is 6.25. The number of hydrogen-bond acceptors (Lipinski definition) is 5. The first kappa shape index (κ1) is 15.9. The summed E-state index contributed by atoms with van der Waals surface area (Å²) in [6.45, 7) is 2.06. The fourth-order valence-electron chi connectivity index (χ4n) is 1.64. The zero-order valence-corrected chi connectivity index (χ0v) is 11.8. The van der Waals surface area contributed by atoms with E-state index in [1.165, 1.54) is 17.0 Å². The number of aliphatic hydroxyl groups is 1. The Kier molecular flexibility index (Phi) is 5.45. The number of nitrogens with one attached hydrogen (secondary N) is 1. The predicted molar refractivity (Wildman–Crippen MR) is 75.9 cm³/mol. The summed E-state index contributed by atoms with van der Waals surface area (Å²) >= 11 is 0. The quantitative estimate of drug-likeness (QED) is 0.608. The summed E-state index contributed by atoms with van der Waals surface area (Å²) in [6, 6.07) is 4.31. The summed E-state index contributed by atoms with van der Waals surface area (Å²) in [4.78, 5) is 23.7. The summed E-state index contributed by atoms with van der Waals surface area (Å²) in [6.07, 6.45) is 0.00589. The van der Waals surface area contributed by atoms with E-state index >= 15 is 0 Å². The van der Waals surface area contributed by atoms with Crippen molar-refractivity contribution in [1.29, 1.82) is 0 Å². The third-order valence-corrected chi connectivity index (χ3v) is 2.73. The van der Waals surface area contributed by atoms with Gasteiger partial charge in [0.25, 0.3) is 11.6 Å². The molecule has 2 N–H and O–H groups in total. The fraction of sp³-hybridized carbons (Fsp3) is 0.462. The Labute approximate surface area is 117 Å². The van der Waals surface area contributed by atoms with Gasteiger partial charge in [-0.2, -0.15) is 0 Å². The average molecular weight is 281 g/mol. The molecule has 0 bridgehead atoms. The van der Waals surface area contributed by atoms with Crippen LogP contribution in [0.1, 0.15) is 23.7 Å². The molecule has 0 aromatic heterocycles. The molecule has 7 heteroatoms. The first-order valence-electron chi connectivity index (χ1n) is 6.25. The largest absolute Gasteiger partial charge is 0.393 e. The van der Waals surface area contributed by atoms with Crippen LogP contribution in [-0.2, 0) is 0 Å². The van der Waals surface area contributed by atoms with E-state index < -0.39 is 11.0 Å². The zero-order chi connectivity index (χ0) is 15.3. The Morgan fingerprint density at radius 2 is 2.15 bits per heavy atom. The van der Waals surface area contributed by atoms with E-state index in [9.17, 15) is 14.9 Å². The minimum Gasteiger partial charge on any atom is -0.393 e. The van der Waals surface area contributed by atoms with Crippen molar-refractivity contribution in [3.05, 3.63) is 33.9 Å². The molecule has 0 heterocycles. The molecule has 20 heavy (non-hydrogen) atoms. The Balaban J connectivity index is 2.96. The lowest BCUT2D eigenvalue weighted by Gasteiger charge is -2.12. The molecular weight excluding hydrogens is 262 g/mol. The monoisotopic (exact) mass is 281 g/mol. The van der Waals surface area contributed by atoms with Gasteiger partial charge in [-0.25, -0.2) is 0 Å². The minimum atomic E-state index is -0.531. The topological polar surface area (TPSA) is 95.7 Å². The standard InChI is InChI=1S/C13H19N3O4/c1-9(17)6-7-14-11-5-4-10(13(18)15(2)3)8-12(11)16(19)20/h4-5,8-9,14,17H,6-7H2,1-3H3. The maximum atomic E-state index is 11.8. The molecule has 0 aliphatic rings. The van der Waals surface area contributed by atoms with Gasteiger partial charge in [-0.3, -0.25) is 14.9 Å². The fourth-order valence-corrected chi connectivity index (χ4v) is 1.64. The molecule has 1 aromatic carbocycles. The van der Waals surface area contributed by atoms with E-state index in [4.69, 9.17) is 5.11 Å². The number of benzene rings is 1. The minimum absolute atomic E-state index is 0.150. The molecule has 0 spiro atoms. The van der Waals surface area contributed by atoms with Gasteiger partial charge in [0.15, 0.2) is 0 Å². The first-order chi connectivity index (χ1) is 9.32. The normalized spacial score (nSPS) is 11.8. The predicted octanol–water partition coefficient (Wildman–Crippen LogP) is 1.48. The number of rotatable bonds is 6. The molecule has 7 nitrogen and oxygen atoms in total. The highest BCUT2D eigenvalue weighted by Gasteiger charge is 2.18. The van der Waals surface area contributed by atoms with Crippen molar-refractivity contribution in [2.24, 2.45) is 0 Å². The lowest BCUT2D eigenvalue weighted by Crippen LogP contribution is -2.21. The lowest BCUT2D eigenvalue weighted by atomic mass is 10.1. The van der Waals surface area contributed by atoms with Crippen molar-refractivity contribution in [1.82, 2.24) is 4.90 Å². The third-order valence-electron chi connectivity index (χ3n) is 2.73. The number of nitro groups is 1. The maximum absolute atomic E-state index is 11.8. The van der Waals surface area contributed by atoms with Crippen LogP contribution >= 0.6 is 0 Å². The molecule has 110 valence electrons. The van der Waals surface area contributed by atoms with Crippen molar-refractivity contribution in [3.63, 3.8) is 0 Å². The van der Waals surface area contributed by atoms with Crippen LogP contribution in [0.3, 0.4) is 0 Å². The molecule has 0 saturated carbocycles. The van der Waals surface area contributed by atoms with Crippen molar-refractivity contribution in [3.8, 4) is 0 Å². The Hall–Kier alpha value is -2.15. The Morgan fingerprint density at radius 3 is 2.65 bits per heavy atom. The van der Waals surface area contributed by atoms with E-state index in [0.717, 1.165) is 0 Å². The van der Waals surface area contributed by atoms with Gasteiger partial charge >= 0.3 is 0 Å². The summed E-state index contributed by atoms with van der Waals surface area (Å²) in [5.41, 5.74) is 0.456. The molecule has 0 aliphatic carbocycles. The number of aliphatic hydroxyl groups excluding tert-OH is 1. The summed E-state index contributed by atoms with van der Waals surface area (Å²) in [5, 5.41) is 23.1. The third kappa shape index (κ3) is 4.20. The SMILES string of the molecule is CC(O)CCNc1ccc(C(=O)N(C)C)cc1[N+](=O)[O-]. The molecule has 1 unspecified atom stereocenters. The molecule has 0 fully saturated rings. The number of hydrogen-bond donors (Lipinski definition) is 2. The van der Waals surface area contributed by atoms with Gasteiger partial charge in [-0.05, 0) is 25.5 Å². The number of carbonyl (C=O) groups excluding carboxylic acids is 1. The maximum Gasteiger partial charge on any atom is 0.293 e. The number of nitro benzene ring substituents is 1. The van der Waals surface area contributed by atoms with E-state index in [1.54, 1.807) is 27.1 Å². The Morgan fingerprint density at radius 1 is 1.50 bits per heavy atom. The van der Waals surface area contributed by atoms with Crippen LogP contribution in [0.4, 0.5) is 11.4 Å². The second-order valence-electron chi connectivity index (χ2n) is 4.75. The highest BCUT2D eigenvalue weighted by molar-refractivity contribution is 5.95. The number of anilines is 1. The highest BCUT2D eigenvalue weighted by atomic mass is 16.6. The molecule has 0 saturated heterocycles. The van der Waals surface area contributed by atoms with Crippen LogP contribution in [0.5, 0.6) is 0 Å². The van der Waals surface area contributed by atoms with Gasteiger partial charge in [-0.15, -0.1) is 0 Å². The van der Waals surface area contributed by atoms with Gasteiger partial charge < -0.3 is 15.3 Å². The van der Waals surface area contributed by atoms with Crippen molar-refractivity contribution < 1.29 is 14.8 Å². The van der Waals surface area contributed by atoms with E-state index in [-0.39, 0.29) is 17.2 Å². The van der Waals surface area contributed by atoms with Gasteiger partial charge in [0.1, 0.15) is 5.69 Å². The highest BCUT2D eigenvalue weighted by Crippen LogP contribution is 2.26. The van der Waals surface area contributed by atoms with Crippen LogP contribution in [-0.4, -0.2) is 47.6 Å². The van der Waals surface area contributed by atoms with Gasteiger partial charge in [0.05, 0.1) is 11.0 Å². The molecule has 1 amide bonds. The van der Waals surface area contributed by atoms with Crippen LogP contribution in [0.15, 0.2) is 18.2 Å². The van der Waals surface area contributed by atoms with Crippen LogP contribution in [0.25, 0.3) is 0 Å². The van der Waals surface area contributed by atoms with Crippen molar-refractivity contribution in [2.45, 2.75) is 19.4 Å². The summed E-state index contributed by atoms with van der Waals surface area (Å²) in [7, 11) is 3.17. The van der Waals surface area contributed by atoms with E-state index in [2.05, 4.69) is 5.32 Å². The average Bonchev–Trinajstić information content (AvgIpc) is 2.37. The zero-order valence-electron chi connectivity index (χ0n) is 11.8. The summed E-state index contributed by atoms with van der Waals surface area (Å²) in [5.74, 6) is -0.288. The smallest absolute Gasteiger partial charge is 0.293 e. The van der Waals surface area contributed by atoms with Gasteiger partial charge in [0.2, 0.25) is 0 Å². The van der Waals surface area contributed by atoms with E-state index in [0.29, 0.717) is 18.7 Å². The summed E-state index contributed by atoms with van der Waals surface area (Å²) < 4.78 is 0. The van der Waals surface area contributed by atoms with Crippen LogP contribution < -0.4 is 5.32 Å². The second kappa shape index (κ2) is 6.85. The Bertz CT molecular complexity index is 500. The van der Waals surface area contributed by atoms with Gasteiger partial charge in [0, 0.05) is 32.3 Å². The molecule has 0 aliphatic heterocycles. The molecule has 1 rings (SSSR count). The van der Waals surface area contributed by atoms with Gasteiger partial charge in [-0.1, -0.05) is 0 Å². The molecule has 1 aromatic rings. The number of nitrogens with zero attached hydrogens (tertiary/aromatic N) is 2. The molecule has 1 atom stereocenters. The van der Waals surface area contributed by atoms with E-state index in [1.807, 2.05) is 0 Å². The van der Waals surface area contributed by atoms with Crippen molar-refractivity contribution in [2.75, 3.05) is 26.0 Å². The van der Waals surface area contributed by atoms with Crippen molar-refractivity contribution >= 4 is 17.3 Å². The molecule has 0 radical (unpaired) electrons. The second-order valence-corrected chi connectivity index (χ2v) is 4.75. The molecular formula is C13H19N3O4. The van der Waals surface area contributed by atoms with Crippen LogP contribution in [0, 0.1) is 10.1 Å². The van der Waals surface area contributed by atoms with Crippen LogP contribution in [0.2, 0.25) is 0 Å². The number of amides is 1. The lowest BCUT2D eigenvalue weighted by molar-refractivity contribution is -0.384.